The van der Waals surface area contributed by atoms with Gasteiger partial charge in [0.15, 0.2) is 23.5 Å². The van der Waals surface area contributed by atoms with E-state index < -0.39 is 18.0 Å². The lowest BCUT2D eigenvalue weighted by molar-refractivity contribution is -0.0370. The Morgan fingerprint density at radius 2 is 2.06 bits per heavy atom. The van der Waals surface area contributed by atoms with E-state index in [1.165, 1.54) is 15.8 Å². The van der Waals surface area contributed by atoms with Crippen molar-refractivity contribution in [1.82, 2.24) is 20.1 Å². The second-order valence-corrected chi connectivity index (χ2v) is 9.16. The molecule has 4 rings (SSSR count). The van der Waals surface area contributed by atoms with Gasteiger partial charge in [0.05, 0.1) is 5.70 Å². The van der Waals surface area contributed by atoms with E-state index in [1.807, 2.05) is 12.1 Å². The van der Waals surface area contributed by atoms with Crippen molar-refractivity contribution in [3.63, 3.8) is 0 Å². The maximum Gasteiger partial charge on any atom is 0.272 e. The number of carbonyl (C=O) groups is 1. The molecule has 5 N–H and O–H groups in total. The summed E-state index contributed by atoms with van der Waals surface area (Å²) in [6.45, 7) is 2.47. The van der Waals surface area contributed by atoms with Gasteiger partial charge in [0, 0.05) is 36.3 Å². The van der Waals surface area contributed by atoms with Crippen molar-refractivity contribution in [3.8, 4) is 5.75 Å². The van der Waals surface area contributed by atoms with Gasteiger partial charge < -0.3 is 25.5 Å². The molecular formula is C25H30ClFN6O3. The van der Waals surface area contributed by atoms with E-state index in [4.69, 9.17) is 32.7 Å². The average Bonchev–Trinajstić information content (AvgIpc) is 3.25. The van der Waals surface area contributed by atoms with Crippen LogP contribution in [0.1, 0.15) is 48.5 Å². The lowest BCUT2D eigenvalue weighted by Crippen LogP contribution is -2.31. The number of hydrogen-bond donors (Lipinski definition) is 3. The zero-order valence-corrected chi connectivity index (χ0v) is 21.0. The number of amides is 1. The van der Waals surface area contributed by atoms with Crippen LogP contribution < -0.4 is 21.6 Å². The lowest BCUT2D eigenvalue weighted by atomic mass is 10.1. The third kappa shape index (κ3) is 5.56. The maximum absolute atomic E-state index is 15.8. The topological polar surface area (TPSA) is 121 Å². The van der Waals surface area contributed by atoms with Crippen LogP contribution in [0.15, 0.2) is 47.8 Å². The number of carbonyl (C=O) groups excluding carboxylic acids is 1. The number of nitrogens with zero attached hydrogens (tertiary/aromatic N) is 3. The van der Waals surface area contributed by atoms with Gasteiger partial charge >= 0.3 is 0 Å². The van der Waals surface area contributed by atoms with Crippen LogP contribution in [-0.4, -0.2) is 41.0 Å². The van der Waals surface area contributed by atoms with Crippen LogP contribution in [0.25, 0.3) is 10.9 Å². The van der Waals surface area contributed by atoms with Crippen molar-refractivity contribution < 1.29 is 18.7 Å². The highest BCUT2D eigenvalue weighted by molar-refractivity contribution is 6.30. The summed E-state index contributed by atoms with van der Waals surface area (Å²) in [5, 5.41) is 9.65. The Hall–Kier alpha value is -3.34. The molecule has 1 fully saturated rings. The normalized spacial score (nSPS) is 16.5. The Kier molecular flexibility index (Phi) is 7.97. The average molecular weight is 517 g/mol. The van der Waals surface area contributed by atoms with Crippen molar-refractivity contribution >= 4 is 28.4 Å². The molecule has 0 radical (unpaired) electrons. The summed E-state index contributed by atoms with van der Waals surface area (Å²) in [6, 6.07) is 10.2. The standard InChI is InChI=1S/C25H30ClFN6O3/c1-15(28)19(32(2)29)14-36-20-11-10-18-23(25(34)30-13-16-6-8-17(26)9-7-16)31-33(24(18)22(20)27)21-5-3-4-12-35-21/h6-11,21H,3-5,12-14,28-29H2,1-2H3,(H,30,34)/b19-15-. The Balaban J connectivity index is 1.67. The van der Waals surface area contributed by atoms with E-state index >= 15 is 4.39 Å². The monoisotopic (exact) mass is 516 g/mol. The number of ether oxygens (including phenoxy) is 2. The number of benzene rings is 2. The first-order valence-corrected chi connectivity index (χ1v) is 12.1. The van der Waals surface area contributed by atoms with Crippen LogP contribution in [-0.2, 0) is 11.3 Å². The van der Waals surface area contributed by atoms with Crippen LogP contribution in [0, 0.1) is 5.82 Å². The molecule has 1 saturated heterocycles. The number of rotatable bonds is 8. The summed E-state index contributed by atoms with van der Waals surface area (Å²) < 4.78 is 28.9. The molecule has 0 spiro atoms. The molecule has 1 atom stereocenters. The number of hydrogen-bond acceptors (Lipinski definition) is 7. The van der Waals surface area contributed by atoms with Gasteiger partial charge in [-0.15, -0.1) is 0 Å². The minimum Gasteiger partial charge on any atom is -0.484 e. The van der Waals surface area contributed by atoms with Crippen LogP contribution in [0.4, 0.5) is 4.39 Å². The number of fused-ring (bicyclic) bond motifs is 1. The van der Waals surface area contributed by atoms with Crippen LogP contribution >= 0.6 is 11.6 Å². The maximum atomic E-state index is 15.8. The molecule has 0 saturated carbocycles. The molecular weight excluding hydrogens is 487 g/mol. The number of hydrazine groups is 1. The van der Waals surface area contributed by atoms with Crippen molar-refractivity contribution in [2.24, 2.45) is 11.6 Å². The van der Waals surface area contributed by atoms with Crippen LogP contribution in [0.3, 0.4) is 0 Å². The van der Waals surface area contributed by atoms with Gasteiger partial charge in [0.2, 0.25) is 0 Å². The van der Waals surface area contributed by atoms with Gasteiger partial charge in [0.25, 0.3) is 5.91 Å². The van der Waals surface area contributed by atoms with Gasteiger partial charge in [0.1, 0.15) is 12.1 Å². The zero-order chi connectivity index (χ0) is 25.8. The van der Waals surface area contributed by atoms with Crippen molar-refractivity contribution in [3.05, 3.63) is 69.9 Å². The van der Waals surface area contributed by atoms with E-state index in [2.05, 4.69) is 10.4 Å². The molecule has 2 aromatic carbocycles. The molecule has 1 unspecified atom stereocenters. The van der Waals surface area contributed by atoms with Gasteiger partial charge in [-0.2, -0.15) is 5.10 Å². The third-order valence-corrected chi connectivity index (χ3v) is 6.28. The largest absolute Gasteiger partial charge is 0.484 e. The Morgan fingerprint density at radius 1 is 1.31 bits per heavy atom. The van der Waals surface area contributed by atoms with Gasteiger partial charge in [-0.3, -0.25) is 4.79 Å². The van der Waals surface area contributed by atoms with Crippen molar-refractivity contribution in [2.45, 2.75) is 39.0 Å². The Bertz CT molecular complexity index is 1270. The summed E-state index contributed by atoms with van der Waals surface area (Å²) in [5.74, 6) is 4.74. The molecule has 192 valence electrons. The summed E-state index contributed by atoms with van der Waals surface area (Å²) >= 11 is 5.94. The third-order valence-electron chi connectivity index (χ3n) is 6.03. The minimum absolute atomic E-state index is 0.00631. The SMILES string of the molecule is C/C(N)=C(\COc1ccc2c(C(=O)NCc3ccc(Cl)cc3)nn(C3CCCCO3)c2c1F)N(C)N. The van der Waals surface area contributed by atoms with Crippen LogP contribution in [0.2, 0.25) is 5.02 Å². The summed E-state index contributed by atoms with van der Waals surface area (Å²) in [4.78, 5) is 13.1. The van der Waals surface area contributed by atoms with Gasteiger partial charge in [-0.1, -0.05) is 23.7 Å². The number of nitrogens with two attached hydrogens (primary N) is 2. The molecule has 1 amide bonds. The molecule has 2 heterocycles. The number of likely N-dealkylation sites (N-methyl/N-ethyl adjacent to an activating group) is 1. The quantitative estimate of drug-likeness (QED) is 0.307. The Labute approximate surface area is 213 Å². The minimum atomic E-state index is -0.639. The van der Waals surface area contributed by atoms with E-state index in [0.717, 1.165) is 18.4 Å². The lowest BCUT2D eigenvalue weighted by Gasteiger charge is -2.24. The summed E-state index contributed by atoms with van der Waals surface area (Å²) in [6.07, 6.45) is 2.00. The van der Waals surface area contributed by atoms with E-state index in [0.29, 0.717) is 34.8 Å². The molecule has 1 aliphatic heterocycles. The molecule has 11 heteroatoms. The second-order valence-electron chi connectivity index (χ2n) is 8.73. The molecule has 9 nitrogen and oxygen atoms in total. The zero-order valence-electron chi connectivity index (χ0n) is 20.3. The first-order chi connectivity index (χ1) is 17.3. The number of allylic oxidation sites excluding steroid dienone is 1. The highest BCUT2D eigenvalue weighted by atomic mass is 35.5. The van der Waals surface area contributed by atoms with Crippen molar-refractivity contribution in [1.29, 1.82) is 0 Å². The number of halogens is 2. The first-order valence-electron chi connectivity index (χ1n) is 11.7. The molecule has 3 aromatic rings. The summed E-state index contributed by atoms with van der Waals surface area (Å²) in [7, 11) is 1.62. The van der Waals surface area contributed by atoms with Crippen LogP contribution in [0.5, 0.6) is 5.75 Å². The highest BCUT2D eigenvalue weighted by Gasteiger charge is 2.27. The Morgan fingerprint density at radius 3 is 2.69 bits per heavy atom. The fraction of sp³-hybridized carbons (Fsp3) is 0.360. The highest BCUT2D eigenvalue weighted by Crippen LogP contribution is 2.33. The second kappa shape index (κ2) is 11.2. The molecule has 0 bridgehead atoms. The molecule has 36 heavy (non-hydrogen) atoms. The summed E-state index contributed by atoms with van der Waals surface area (Å²) in [5.41, 5.74) is 7.97. The number of aromatic nitrogens is 2. The molecule has 0 aliphatic carbocycles. The van der Waals surface area contributed by atoms with Gasteiger partial charge in [-0.25, -0.2) is 14.9 Å². The van der Waals surface area contributed by atoms with Crippen molar-refractivity contribution in [2.75, 3.05) is 20.3 Å². The predicted octanol–water partition coefficient (Wildman–Crippen LogP) is 3.83. The number of nitrogens with one attached hydrogen (secondary N) is 1. The smallest absolute Gasteiger partial charge is 0.272 e. The fourth-order valence-electron chi connectivity index (χ4n) is 4.09. The van der Waals surface area contributed by atoms with E-state index in [-0.39, 0.29) is 30.1 Å². The molecule has 1 aromatic heterocycles. The fourth-order valence-corrected chi connectivity index (χ4v) is 4.21. The van der Waals surface area contributed by atoms with E-state index in [1.54, 1.807) is 32.2 Å². The first kappa shape index (κ1) is 25.7. The predicted molar refractivity (Wildman–Crippen MR) is 135 cm³/mol. The molecule has 1 aliphatic rings. The van der Waals surface area contributed by atoms with E-state index in [9.17, 15) is 4.79 Å². The van der Waals surface area contributed by atoms with Gasteiger partial charge in [-0.05, 0) is 56.0 Å².